The van der Waals surface area contributed by atoms with E-state index in [1.54, 1.807) is 18.3 Å². The van der Waals surface area contributed by atoms with E-state index in [0.29, 0.717) is 6.54 Å². The monoisotopic (exact) mass is 257 g/mol. The molecular weight excluding hydrogens is 242 g/mol. The number of rotatable bonds is 4. The fraction of sp³-hybridized carbons (Fsp3) is 0.214. The van der Waals surface area contributed by atoms with Crippen molar-refractivity contribution in [3.63, 3.8) is 0 Å². The summed E-state index contributed by atoms with van der Waals surface area (Å²) >= 11 is 0. The maximum Gasteiger partial charge on any atom is 0.271 e. The van der Waals surface area contributed by atoms with E-state index in [1.165, 1.54) is 6.07 Å². The van der Waals surface area contributed by atoms with Gasteiger partial charge in [-0.15, -0.1) is 0 Å². The van der Waals surface area contributed by atoms with Crippen molar-refractivity contribution in [2.24, 2.45) is 0 Å². The fourth-order valence-electron chi connectivity index (χ4n) is 1.70. The molecule has 0 atom stereocenters. The summed E-state index contributed by atoms with van der Waals surface area (Å²) in [5.41, 5.74) is 3.83. The van der Waals surface area contributed by atoms with Gasteiger partial charge in [0.25, 0.3) is 5.69 Å². The van der Waals surface area contributed by atoms with Crippen LogP contribution >= 0.6 is 0 Å². The van der Waals surface area contributed by atoms with E-state index in [4.69, 9.17) is 0 Å². The molecule has 5 nitrogen and oxygen atoms in total. The SMILES string of the molecule is Cc1ccc(CNc2cc([N+](=O)[O-])ccc2C)nc1. The molecule has 1 N–H and O–H groups in total. The van der Waals surface area contributed by atoms with Crippen LogP contribution in [-0.2, 0) is 6.54 Å². The van der Waals surface area contributed by atoms with E-state index in [1.807, 2.05) is 26.0 Å². The minimum absolute atomic E-state index is 0.0879. The molecule has 0 amide bonds. The second-order valence-electron chi connectivity index (χ2n) is 4.44. The van der Waals surface area contributed by atoms with Crippen LogP contribution in [0.3, 0.4) is 0 Å². The van der Waals surface area contributed by atoms with E-state index in [-0.39, 0.29) is 5.69 Å². The van der Waals surface area contributed by atoms with Crippen LogP contribution in [0.5, 0.6) is 0 Å². The van der Waals surface area contributed by atoms with Gasteiger partial charge in [0, 0.05) is 24.0 Å². The van der Waals surface area contributed by atoms with E-state index in [9.17, 15) is 10.1 Å². The highest BCUT2D eigenvalue weighted by molar-refractivity contribution is 5.56. The molecule has 5 heteroatoms. The maximum atomic E-state index is 10.7. The molecule has 19 heavy (non-hydrogen) atoms. The molecule has 0 saturated heterocycles. The van der Waals surface area contributed by atoms with Gasteiger partial charge in [-0.3, -0.25) is 15.1 Å². The van der Waals surface area contributed by atoms with E-state index >= 15 is 0 Å². The minimum Gasteiger partial charge on any atom is -0.379 e. The highest BCUT2D eigenvalue weighted by Crippen LogP contribution is 2.22. The number of non-ortho nitro benzene ring substituents is 1. The first-order chi connectivity index (χ1) is 9.06. The van der Waals surface area contributed by atoms with Crippen LogP contribution in [0.2, 0.25) is 0 Å². The Morgan fingerprint density at radius 3 is 2.68 bits per heavy atom. The van der Waals surface area contributed by atoms with Gasteiger partial charge in [-0.25, -0.2) is 0 Å². The van der Waals surface area contributed by atoms with E-state index < -0.39 is 4.92 Å². The smallest absolute Gasteiger partial charge is 0.271 e. The number of hydrogen-bond donors (Lipinski definition) is 1. The van der Waals surface area contributed by atoms with Gasteiger partial charge < -0.3 is 5.32 Å². The van der Waals surface area contributed by atoms with Gasteiger partial charge in [0.1, 0.15) is 0 Å². The van der Waals surface area contributed by atoms with Crippen LogP contribution in [0.25, 0.3) is 0 Å². The predicted octanol–water partition coefficient (Wildman–Crippen LogP) is 3.22. The van der Waals surface area contributed by atoms with Gasteiger partial charge >= 0.3 is 0 Å². The molecule has 0 fully saturated rings. The van der Waals surface area contributed by atoms with Crippen molar-refractivity contribution >= 4 is 11.4 Å². The molecule has 0 spiro atoms. The predicted molar refractivity (Wildman–Crippen MR) is 74.1 cm³/mol. The zero-order chi connectivity index (χ0) is 13.8. The standard InChI is InChI=1S/C14H15N3O2/c1-10-3-5-12(15-8-10)9-16-14-7-13(17(18)19)6-4-11(14)2/h3-8,16H,9H2,1-2H3. The zero-order valence-electron chi connectivity index (χ0n) is 10.9. The first-order valence-electron chi connectivity index (χ1n) is 5.97. The van der Waals surface area contributed by atoms with Crippen LogP contribution in [-0.4, -0.2) is 9.91 Å². The van der Waals surface area contributed by atoms with Crippen molar-refractivity contribution in [3.05, 3.63) is 63.5 Å². The Bertz CT molecular complexity index is 594. The van der Waals surface area contributed by atoms with E-state index in [2.05, 4.69) is 10.3 Å². The molecule has 0 aliphatic carbocycles. The zero-order valence-corrected chi connectivity index (χ0v) is 10.9. The molecular formula is C14H15N3O2. The summed E-state index contributed by atoms with van der Waals surface area (Å²) < 4.78 is 0. The Morgan fingerprint density at radius 1 is 1.26 bits per heavy atom. The van der Waals surface area contributed by atoms with Gasteiger partial charge in [-0.05, 0) is 31.0 Å². The second-order valence-corrected chi connectivity index (χ2v) is 4.44. The van der Waals surface area contributed by atoms with Crippen LogP contribution in [0.4, 0.5) is 11.4 Å². The second kappa shape index (κ2) is 5.48. The van der Waals surface area contributed by atoms with Gasteiger partial charge in [0.2, 0.25) is 0 Å². The molecule has 2 rings (SSSR count). The lowest BCUT2D eigenvalue weighted by atomic mass is 10.1. The van der Waals surface area contributed by atoms with E-state index in [0.717, 1.165) is 22.5 Å². The summed E-state index contributed by atoms with van der Waals surface area (Å²) in [4.78, 5) is 14.6. The Kier molecular flexibility index (Phi) is 3.75. The Labute approximate surface area is 111 Å². The quantitative estimate of drug-likeness (QED) is 0.674. The lowest BCUT2D eigenvalue weighted by Gasteiger charge is -2.09. The molecule has 0 unspecified atom stereocenters. The average molecular weight is 257 g/mol. The van der Waals surface area contributed by atoms with Gasteiger partial charge in [-0.1, -0.05) is 12.1 Å². The van der Waals surface area contributed by atoms with Crippen molar-refractivity contribution in [2.45, 2.75) is 20.4 Å². The Hall–Kier alpha value is -2.43. The summed E-state index contributed by atoms with van der Waals surface area (Å²) in [5.74, 6) is 0. The molecule has 0 radical (unpaired) electrons. The molecule has 1 aromatic carbocycles. The molecule has 0 aliphatic rings. The van der Waals surface area contributed by atoms with Crippen molar-refractivity contribution in [1.29, 1.82) is 0 Å². The molecule has 0 aliphatic heterocycles. The first kappa shape index (κ1) is 13.0. The highest BCUT2D eigenvalue weighted by atomic mass is 16.6. The topological polar surface area (TPSA) is 68.1 Å². The molecule has 0 saturated carbocycles. The third-order valence-electron chi connectivity index (χ3n) is 2.86. The van der Waals surface area contributed by atoms with Gasteiger partial charge in [0.05, 0.1) is 17.2 Å². The van der Waals surface area contributed by atoms with Crippen LogP contribution in [0.15, 0.2) is 36.5 Å². The number of nitrogens with one attached hydrogen (secondary N) is 1. The minimum atomic E-state index is -0.394. The highest BCUT2D eigenvalue weighted by Gasteiger charge is 2.08. The van der Waals surface area contributed by atoms with Crippen molar-refractivity contribution in [3.8, 4) is 0 Å². The van der Waals surface area contributed by atoms with Gasteiger partial charge in [0.15, 0.2) is 0 Å². The number of aryl methyl sites for hydroxylation is 2. The third-order valence-corrected chi connectivity index (χ3v) is 2.86. The number of pyridine rings is 1. The number of anilines is 1. The largest absolute Gasteiger partial charge is 0.379 e. The molecule has 98 valence electrons. The number of nitrogens with zero attached hydrogens (tertiary/aromatic N) is 2. The number of hydrogen-bond acceptors (Lipinski definition) is 4. The lowest BCUT2D eigenvalue weighted by molar-refractivity contribution is -0.384. The summed E-state index contributed by atoms with van der Waals surface area (Å²) in [7, 11) is 0. The summed E-state index contributed by atoms with van der Waals surface area (Å²) in [6, 6.07) is 8.72. The maximum absolute atomic E-state index is 10.7. The molecule has 2 aromatic rings. The Balaban J connectivity index is 2.12. The molecule has 0 bridgehead atoms. The van der Waals surface area contributed by atoms with Crippen molar-refractivity contribution < 1.29 is 4.92 Å². The third kappa shape index (κ3) is 3.28. The number of nitro groups is 1. The fourth-order valence-corrected chi connectivity index (χ4v) is 1.70. The number of nitro benzene ring substituents is 1. The molecule has 1 heterocycles. The number of aromatic nitrogens is 1. The van der Waals surface area contributed by atoms with Gasteiger partial charge in [-0.2, -0.15) is 0 Å². The van der Waals surface area contributed by atoms with Crippen LogP contribution in [0.1, 0.15) is 16.8 Å². The van der Waals surface area contributed by atoms with Crippen molar-refractivity contribution in [1.82, 2.24) is 4.98 Å². The van der Waals surface area contributed by atoms with Crippen LogP contribution < -0.4 is 5.32 Å². The molecule has 1 aromatic heterocycles. The first-order valence-corrected chi connectivity index (χ1v) is 5.97. The summed E-state index contributed by atoms with van der Waals surface area (Å²) in [5, 5.41) is 13.9. The summed E-state index contributed by atoms with van der Waals surface area (Å²) in [6.45, 7) is 4.44. The summed E-state index contributed by atoms with van der Waals surface area (Å²) in [6.07, 6.45) is 1.80. The number of benzene rings is 1. The van der Waals surface area contributed by atoms with Crippen molar-refractivity contribution in [2.75, 3.05) is 5.32 Å². The average Bonchev–Trinajstić information content (AvgIpc) is 2.39. The lowest BCUT2D eigenvalue weighted by Crippen LogP contribution is -2.03. The normalized spacial score (nSPS) is 10.2. The Morgan fingerprint density at radius 2 is 2.05 bits per heavy atom. The van der Waals surface area contributed by atoms with Crippen LogP contribution in [0, 0.1) is 24.0 Å².